The molecule has 0 saturated heterocycles. The predicted octanol–water partition coefficient (Wildman–Crippen LogP) is 1.79. The smallest absolute Gasteiger partial charge is 0.306 e. The minimum Gasteiger partial charge on any atom is -0.481 e. The third kappa shape index (κ3) is 3.70. The van der Waals surface area contributed by atoms with Gasteiger partial charge in [-0.25, -0.2) is 0 Å². The van der Waals surface area contributed by atoms with Crippen molar-refractivity contribution in [2.24, 2.45) is 11.8 Å². The van der Waals surface area contributed by atoms with Crippen LogP contribution in [0.25, 0.3) is 5.65 Å². The first kappa shape index (κ1) is 18.3. The lowest BCUT2D eigenvalue weighted by Crippen LogP contribution is -2.38. The van der Waals surface area contributed by atoms with E-state index in [4.69, 9.17) is 5.11 Å². The lowest BCUT2D eigenvalue weighted by molar-refractivity contribution is -0.142. The van der Waals surface area contributed by atoms with Crippen LogP contribution in [0.4, 0.5) is 0 Å². The van der Waals surface area contributed by atoms with E-state index in [-0.39, 0.29) is 23.8 Å². The highest BCUT2D eigenvalue weighted by Crippen LogP contribution is 2.25. The Morgan fingerprint density at radius 3 is 2.50 bits per heavy atom. The summed E-state index contributed by atoms with van der Waals surface area (Å²) in [5, 5.41) is 30.4. The molecule has 1 amide bonds. The summed E-state index contributed by atoms with van der Waals surface area (Å²) in [6.45, 7) is 3.77. The molecule has 0 bridgehead atoms. The van der Waals surface area contributed by atoms with Crippen LogP contribution in [0.15, 0.2) is 18.3 Å². The predicted molar refractivity (Wildman–Crippen MR) is 93.6 cm³/mol. The normalized spacial score (nSPS) is 21.7. The molecule has 8 nitrogen and oxygen atoms in total. The van der Waals surface area contributed by atoms with Gasteiger partial charge in [0.1, 0.15) is 6.10 Å². The highest BCUT2D eigenvalue weighted by molar-refractivity contribution is 5.94. The molecule has 26 heavy (non-hydrogen) atoms. The molecular formula is C18H24N4O4. The molecule has 3 rings (SSSR count). The van der Waals surface area contributed by atoms with Gasteiger partial charge in [-0.15, -0.1) is 10.2 Å². The Morgan fingerprint density at radius 1 is 1.19 bits per heavy atom. The summed E-state index contributed by atoms with van der Waals surface area (Å²) in [7, 11) is 0. The van der Waals surface area contributed by atoms with Crippen LogP contribution in [0.5, 0.6) is 0 Å². The minimum absolute atomic E-state index is 0.0181. The van der Waals surface area contributed by atoms with E-state index in [0.29, 0.717) is 42.7 Å². The molecule has 2 aromatic heterocycles. The second-order valence-corrected chi connectivity index (χ2v) is 7.25. The standard InChI is InChI=1S/C18H24N4O4/c1-10(2)15(23)16-21-20-14-8-5-12(9-22(14)16)17(24)19-13-6-3-11(4-7-13)18(25)26/h5,8-11,13,15,23H,3-4,6-7H2,1-2H3,(H,19,24)(H,25,26). The van der Waals surface area contributed by atoms with Crippen molar-refractivity contribution in [2.75, 3.05) is 0 Å². The van der Waals surface area contributed by atoms with E-state index in [1.165, 1.54) is 0 Å². The zero-order valence-corrected chi connectivity index (χ0v) is 14.9. The first-order valence-corrected chi connectivity index (χ1v) is 8.93. The van der Waals surface area contributed by atoms with E-state index in [0.717, 1.165) is 0 Å². The fourth-order valence-corrected chi connectivity index (χ4v) is 3.30. The molecule has 1 atom stereocenters. The Balaban J connectivity index is 1.73. The maximum atomic E-state index is 12.6. The van der Waals surface area contributed by atoms with Gasteiger partial charge in [0.25, 0.3) is 5.91 Å². The molecule has 8 heteroatoms. The van der Waals surface area contributed by atoms with Gasteiger partial charge in [0.05, 0.1) is 11.5 Å². The third-order valence-electron chi connectivity index (χ3n) is 5.00. The second-order valence-electron chi connectivity index (χ2n) is 7.25. The van der Waals surface area contributed by atoms with Crippen LogP contribution >= 0.6 is 0 Å². The lowest BCUT2D eigenvalue weighted by Gasteiger charge is -2.26. The number of aliphatic carboxylic acids is 1. The van der Waals surface area contributed by atoms with Gasteiger partial charge in [-0.05, 0) is 43.7 Å². The highest BCUT2D eigenvalue weighted by atomic mass is 16.4. The molecule has 1 aliphatic carbocycles. The number of aliphatic hydroxyl groups is 1. The fraction of sp³-hybridized carbons (Fsp3) is 0.556. The van der Waals surface area contributed by atoms with E-state index in [1.807, 2.05) is 13.8 Å². The van der Waals surface area contributed by atoms with Crippen molar-refractivity contribution < 1.29 is 19.8 Å². The first-order valence-electron chi connectivity index (χ1n) is 8.93. The second kappa shape index (κ2) is 7.41. The summed E-state index contributed by atoms with van der Waals surface area (Å²) in [4.78, 5) is 23.6. The number of hydrogen-bond acceptors (Lipinski definition) is 5. The Kier molecular flexibility index (Phi) is 5.22. The molecule has 1 fully saturated rings. The number of nitrogens with zero attached hydrogens (tertiary/aromatic N) is 3. The van der Waals surface area contributed by atoms with Gasteiger partial charge in [-0.1, -0.05) is 13.8 Å². The number of amides is 1. The van der Waals surface area contributed by atoms with E-state index >= 15 is 0 Å². The van der Waals surface area contributed by atoms with E-state index in [9.17, 15) is 14.7 Å². The summed E-state index contributed by atoms with van der Waals surface area (Å²) in [5.74, 6) is -0.902. The molecule has 0 aliphatic heterocycles. The number of fused-ring (bicyclic) bond motifs is 1. The average Bonchev–Trinajstić information content (AvgIpc) is 3.04. The van der Waals surface area contributed by atoms with E-state index < -0.39 is 12.1 Å². The van der Waals surface area contributed by atoms with Gasteiger partial charge in [-0.2, -0.15) is 0 Å². The molecule has 2 heterocycles. The number of rotatable bonds is 5. The number of carbonyl (C=O) groups is 2. The van der Waals surface area contributed by atoms with Gasteiger partial charge in [-0.3, -0.25) is 14.0 Å². The summed E-state index contributed by atoms with van der Waals surface area (Å²) < 4.78 is 1.64. The van der Waals surface area contributed by atoms with E-state index in [2.05, 4.69) is 15.5 Å². The number of pyridine rings is 1. The van der Waals surface area contributed by atoms with Gasteiger partial charge in [0.15, 0.2) is 11.5 Å². The molecule has 1 unspecified atom stereocenters. The van der Waals surface area contributed by atoms with Crippen LogP contribution in [-0.2, 0) is 4.79 Å². The van der Waals surface area contributed by atoms with Crippen LogP contribution in [0.1, 0.15) is 61.8 Å². The maximum Gasteiger partial charge on any atom is 0.306 e. The molecule has 1 aliphatic rings. The summed E-state index contributed by atoms with van der Waals surface area (Å²) in [6.07, 6.45) is 3.35. The Bertz CT molecular complexity index is 809. The average molecular weight is 360 g/mol. The number of carboxylic acids is 1. The van der Waals surface area contributed by atoms with Crippen molar-refractivity contribution in [3.05, 3.63) is 29.7 Å². The number of carbonyl (C=O) groups excluding carboxylic acids is 1. The topological polar surface area (TPSA) is 117 Å². The van der Waals surface area contributed by atoms with Crippen molar-refractivity contribution in [3.63, 3.8) is 0 Å². The zero-order chi connectivity index (χ0) is 18.8. The summed E-state index contributed by atoms with van der Waals surface area (Å²) in [6, 6.07) is 3.35. The maximum absolute atomic E-state index is 12.6. The number of aliphatic hydroxyl groups excluding tert-OH is 1. The Hall–Kier alpha value is -2.48. The van der Waals surface area contributed by atoms with Crippen LogP contribution in [0, 0.1) is 11.8 Å². The van der Waals surface area contributed by atoms with Gasteiger partial charge in [0, 0.05) is 12.2 Å². The largest absolute Gasteiger partial charge is 0.481 e. The molecule has 0 radical (unpaired) electrons. The number of aromatic nitrogens is 3. The minimum atomic E-state index is -0.769. The van der Waals surface area contributed by atoms with Gasteiger partial charge < -0.3 is 15.5 Å². The van der Waals surface area contributed by atoms with Crippen molar-refractivity contribution in [3.8, 4) is 0 Å². The summed E-state index contributed by atoms with van der Waals surface area (Å²) in [5.41, 5.74) is 1.02. The van der Waals surface area contributed by atoms with Crippen molar-refractivity contribution >= 4 is 17.5 Å². The first-order chi connectivity index (χ1) is 12.4. The lowest BCUT2D eigenvalue weighted by atomic mass is 9.86. The Morgan fingerprint density at radius 2 is 1.88 bits per heavy atom. The molecule has 0 aromatic carbocycles. The van der Waals surface area contributed by atoms with E-state index in [1.54, 1.807) is 22.7 Å². The van der Waals surface area contributed by atoms with Gasteiger partial charge >= 0.3 is 5.97 Å². The number of hydrogen-bond donors (Lipinski definition) is 3. The SMILES string of the molecule is CC(C)C(O)c1nnc2ccc(C(=O)NC3CCC(C(=O)O)CC3)cn12. The molecule has 3 N–H and O–H groups in total. The van der Waals surface area contributed by atoms with Gasteiger partial charge in [0.2, 0.25) is 0 Å². The third-order valence-corrected chi connectivity index (χ3v) is 5.00. The molecule has 2 aromatic rings. The highest BCUT2D eigenvalue weighted by Gasteiger charge is 2.27. The van der Waals surface area contributed by atoms with Crippen molar-refractivity contribution in [1.29, 1.82) is 0 Å². The van der Waals surface area contributed by atoms with Crippen LogP contribution < -0.4 is 5.32 Å². The van der Waals surface area contributed by atoms with Crippen molar-refractivity contribution in [1.82, 2.24) is 19.9 Å². The van der Waals surface area contributed by atoms with Crippen LogP contribution in [-0.4, -0.2) is 42.7 Å². The quantitative estimate of drug-likeness (QED) is 0.748. The van der Waals surface area contributed by atoms with Crippen LogP contribution in [0.2, 0.25) is 0 Å². The van der Waals surface area contributed by atoms with Crippen molar-refractivity contribution in [2.45, 2.75) is 51.7 Å². The summed E-state index contributed by atoms with van der Waals surface area (Å²) >= 11 is 0. The Labute approximate surface area is 151 Å². The molecule has 1 saturated carbocycles. The number of nitrogens with one attached hydrogen (secondary N) is 1. The fourth-order valence-electron chi connectivity index (χ4n) is 3.30. The zero-order valence-electron chi connectivity index (χ0n) is 14.9. The molecule has 140 valence electrons. The van der Waals surface area contributed by atoms with Crippen LogP contribution in [0.3, 0.4) is 0 Å². The number of carboxylic acid groups (broad SMARTS) is 1. The molecule has 0 spiro atoms. The monoisotopic (exact) mass is 360 g/mol. The molecular weight excluding hydrogens is 336 g/mol.